The summed E-state index contributed by atoms with van der Waals surface area (Å²) in [4.78, 5) is 49.0. The monoisotopic (exact) mass is 597 g/mol. The quantitative estimate of drug-likeness (QED) is 0.141. The highest BCUT2D eigenvalue weighted by molar-refractivity contribution is 5.76. The maximum absolute atomic E-state index is 12.6. The van der Waals surface area contributed by atoms with E-state index in [1.807, 2.05) is 34.6 Å². The van der Waals surface area contributed by atoms with Crippen molar-refractivity contribution in [2.24, 2.45) is 11.1 Å². The second-order valence-electron chi connectivity index (χ2n) is 11.4. The first-order valence-corrected chi connectivity index (χ1v) is 14.3. The van der Waals surface area contributed by atoms with E-state index in [9.17, 15) is 19.2 Å². The van der Waals surface area contributed by atoms with Crippen molar-refractivity contribution in [3.8, 4) is 11.5 Å². The summed E-state index contributed by atoms with van der Waals surface area (Å²) in [7, 11) is 0. The average Bonchev–Trinajstić information content (AvgIpc) is 2.87. The molecule has 2 N–H and O–H groups in total. The van der Waals surface area contributed by atoms with Gasteiger partial charge in [0.2, 0.25) is 0 Å². The van der Waals surface area contributed by atoms with E-state index in [1.165, 1.54) is 12.1 Å². The van der Waals surface area contributed by atoms with Gasteiger partial charge >= 0.3 is 24.4 Å². The Bertz CT molecular complexity index is 1020. The summed E-state index contributed by atoms with van der Waals surface area (Å²) in [6.45, 7) is 14.6. The van der Waals surface area contributed by atoms with Gasteiger partial charge in [-0.2, -0.15) is 0 Å². The molecule has 0 radical (unpaired) electrons. The Morgan fingerprint density at radius 2 is 1.31 bits per heavy atom. The van der Waals surface area contributed by atoms with Crippen LogP contribution in [0.5, 0.6) is 11.5 Å². The van der Waals surface area contributed by atoms with Crippen LogP contribution in [-0.2, 0) is 34.9 Å². The fraction of sp³-hybridized carbons (Fsp3) is 0.667. The van der Waals surface area contributed by atoms with Gasteiger partial charge in [0.1, 0.15) is 31.0 Å². The number of nitrogens with two attached hydrogens (primary N) is 1. The largest absolute Gasteiger partial charge is 0.514 e. The lowest BCUT2D eigenvalue weighted by molar-refractivity contribution is -0.152. The summed E-state index contributed by atoms with van der Waals surface area (Å²) >= 11 is 0. The number of benzene rings is 1. The molecular weight excluding hydrogens is 550 g/mol. The first-order chi connectivity index (χ1) is 19.6. The minimum absolute atomic E-state index is 0.00403. The van der Waals surface area contributed by atoms with E-state index in [0.29, 0.717) is 18.4 Å². The Morgan fingerprint density at radius 3 is 1.83 bits per heavy atom. The second kappa shape index (κ2) is 18.1. The van der Waals surface area contributed by atoms with Crippen LogP contribution in [0.4, 0.5) is 14.4 Å². The molecule has 12 nitrogen and oxygen atoms in total. The molecule has 0 spiro atoms. The Balaban J connectivity index is 2.88. The molecule has 4 atom stereocenters. The normalized spacial score (nSPS) is 14.0. The van der Waals surface area contributed by atoms with Crippen LogP contribution in [0.25, 0.3) is 0 Å². The predicted octanol–water partition coefficient (Wildman–Crippen LogP) is 6.10. The topological polar surface area (TPSA) is 159 Å². The first kappa shape index (κ1) is 36.5. The lowest BCUT2D eigenvalue weighted by Gasteiger charge is -2.19. The standard InChI is InChI=1S/C30H47NO11/c1-9-11-19(3)39-28(34)41-24-14-13-22(16-25(24)42-29(35)40-20(4)12-10-2)15-23(31)26(32)38-21(5)17-36-27(33)37-18-30(6,7)8/h13-14,16,19-21,23H,9-12,15,17-18,31H2,1-8H3/t19-,20?,21?,23-/m0/s1. The maximum atomic E-state index is 12.6. The van der Waals surface area contributed by atoms with Gasteiger partial charge < -0.3 is 38.9 Å². The number of rotatable bonds is 15. The number of hydrogen-bond acceptors (Lipinski definition) is 12. The van der Waals surface area contributed by atoms with E-state index < -0.39 is 36.6 Å². The number of ether oxygens (including phenoxy) is 7. The van der Waals surface area contributed by atoms with Crippen molar-refractivity contribution in [3.05, 3.63) is 23.8 Å². The van der Waals surface area contributed by atoms with E-state index in [0.717, 1.165) is 12.8 Å². The number of esters is 1. The molecule has 0 aliphatic carbocycles. The van der Waals surface area contributed by atoms with Gasteiger partial charge in [-0.05, 0) is 63.1 Å². The molecule has 2 unspecified atom stereocenters. The fourth-order valence-electron chi connectivity index (χ4n) is 3.49. The average molecular weight is 598 g/mol. The molecule has 12 heteroatoms. The van der Waals surface area contributed by atoms with Crippen molar-refractivity contribution in [1.29, 1.82) is 0 Å². The molecule has 0 heterocycles. The van der Waals surface area contributed by atoms with Crippen LogP contribution in [0.3, 0.4) is 0 Å². The van der Waals surface area contributed by atoms with Crippen LogP contribution < -0.4 is 15.2 Å². The highest BCUT2D eigenvalue weighted by Gasteiger charge is 2.23. The minimum atomic E-state index is -1.10. The van der Waals surface area contributed by atoms with Gasteiger partial charge in [-0.1, -0.05) is 53.5 Å². The molecular formula is C30H47NO11. The van der Waals surface area contributed by atoms with Crippen LogP contribution in [0.2, 0.25) is 0 Å². The third-order valence-corrected chi connectivity index (χ3v) is 5.51. The molecule has 1 aromatic rings. The van der Waals surface area contributed by atoms with Gasteiger partial charge in [0.15, 0.2) is 11.5 Å². The Kier molecular flexibility index (Phi) is 15.7. The van der Waals surface area contributed by atoms with Crippen LogP contribution in [-0.4, -0.2) is 62.0 Å². The SMILES string of the molecule is CCCC(C)OC(=O)Oc1cc(C[C@H](N)C(=O)OC(C)COC(=O)OCC(C)(C)C)ccc1OC(=O)O[C@@H](C)CCC. The first-order valence-electron chi connectivity index (χ1n) is 14.3. The van der Waals surface area contributed by atoms with Crippen LogP contribution in [0.15, 0.2) is 18.2 Å². The maximum Gasteiger partial charge on any atom is 0.514 e. The predicted molar refractivity (Wildman–Crippen MR) is 153 cm³/mol. The summed E-state index contributed by atoms with van der Waals surface area (Å²) in [5.74, 6) is -0.927. The van der Waals surface area contributed by atoms with Crippen LogP contribution >= 0.6 is 0 Å². The minimum Gasteiger partial charge on any atom is -0.458 e. The third-order valence-electron chi connectivity index (χ3n) is 5.51. The zero-order valence-corrected chi connectivity index (χ0v) is 26.1. The van der Waals surface area contributed by atoms with Gasteiger partial charge in [-0.3, -0.25) is 4.79 Å². The summed E-state index contributed by atoms with van der Waals surface area (Å²) in [5, 5.41) is 0. The van der Waals surface area contributed by atoms with Crippen LogP contribution in [0.1, 0.15) is 86.6 Å². The number of carbonyl (C=O) groups excluding carboxylic acids is 4. The van der Waals surface area contributed by atoms with Gasteiger partial charge in [0, 0.05) is 0 Å². The Labute approximate surface area is 248 Å². The van der Waals surface area contributed by atoms with Crippen molar-refractivity contribution in [1.82, 2.24) is 0 Å². The lowest BCUT2D eigenvalue weighted by atomic mass is 9.99. The highest BCUT2D eigenvalue weighted by Crippen LogP contribution is 2.30. The van der Waals surface area contributed by atoms with E-state index in [-0.39, 0.29) is 48.8 Å². The van der Waals surface area contributed by atoms with Crippen LogP contribution in [0, 0.1) is 5.41 Å². The van der Waals surface area contributed by atoms with E-state index in [2.05, 4.69) is 0 Å². The zero-order valence-electron chi connectivity index (χ0n) is 26.1. The van der Waals surface area contributed by atoms with Crippen molar-refractivity contribution in [2.45, 2.75) is 112 Å². The molecule has 0 aromatic heterocycles. The molecule has 0 aliphatic heterocycles. The van der Waals surface area contributed by atoms with Crippen molar-refractivity contribution >= 4 is 24.4 Å². The second-order valence-corrected chi connectivity index (χ2v) is 11.4. The van der Waals surface area contributed by atoms with Crippen molar-refractivity contribution in [3.63, 3.8) is 0 Å². The third kappa shape index (κ3) is 15.5. The molecule has 42 heavy (non-hydrogen) atoms. The highest BCUT2D eigenvalue weighted by atomic mass is 16.8. The van der Waals surface area contributed by atoms with Gasteiger partial charge in [0.05, 0.1) is 6.61 Å². The molecule has 1 aromatic carbocycles. The molecule has 0 fully saturated rings. The molecule has 238 valence electrons. The summed E-state index contributed by atoms with van der Waals surface area (Å²) in [6, 6.07) is 3.27. The summed E-state index contributed by atoms with van der Waals surface area (Å²) in [6.07, 6.45) is -1.42. The number of carbonyl (C=O) groups is 4. The fourth-order valence-corrected chi connectivity index (χ4v) is 3.49. The molecule has 1 rings (SSSR count). The van der Waals surface area contributed by atoms with E-state index >= 15 is 0 Å². The van der Waals surface area contributed by atoms with Crippen molar-refractivity contribution < 1.29 is 52.3 Å². The molecule has 0 bridgehead atoms. The molecule has 0 saturated heterocycles. The van der Waals surface area contributed by atoms with E-state index in [1.54, 1.807) is 26.8 Å². The Morgan fingerprint density at radius 1 is 0.762 bits per heavy atom. The Hall–Kier alpha value is -3.54. The van der Waals surface area contributed by atoms with Gasteiger partial charge in [-0.25, -0.2) is 14.4 Å². The van der Waals surface area contributed by atoms with Crippen molar-refractivity contribution in [2.75, 3.05) is 13.2 Å². The smallest absolute Gasteiger partial charge is 0.458 e. The van der Waals surface area contributed by atoms with E-state index in [4.69, 9.17) is 38.9 Å². The summed E-state index contributed by atoms with van der Waals surface area (Å²) < 4.78 is 36.4. The molecule has 0 amide bonds. The molecule has 0 saturated carbocycles. The lowest BCUT2D eigenvalue weighted by Crippen LogP contribution is -2.37. The zero-order chi connectivity index (χ0) is 31.9. The summed E-state index contributed by atoms with van der Waals surface area (Å²) in [5.41, 5.74) is 6.32. The molecule has 0 aliphatic rings. The van der Waals surface area contributed by atoms with Gasteiger partial charge in [0.25, 0.3) is 0 Å². The number of hydrogen-bond donors (Lipinski definition) is 1. The van der Waals surface area contributed by atoms with Gasteiger partial charge in [-0.15, -0.1) is 0 Å².